The Morgan fingerprint density at radius 2 is 1.92 bits per heavy atom. The summed E-state index contributed by atoms with van der Waals surface area (Å²) in [5, 5.41) is 1.12. The number of hydrogen-bond donors (Lipinski definition) is 1. The molecule has 0 spiro atoms. The van der Waals surface area contributed by atoms with Gasteiger partial charge in [0.05, 0.1) is 16.8 Å². The van der Waals surface area contributed by atoms with Crippen LogP contribution < -0.4 is 11.3 Å². The van der Waals surface area contributed by atoms with Crippen LogP contribution in [0.4, 0.5) is 0 Å². The summed E-state index contributed by atoms with van der Waals surface area (Å²) in [6.07, 6.45) is 0. The quantitative estimate of drug-likeness (QED) is 0.574. The average Bonchev–Trinajstić information content (AvgIpc) is 2.81. The zero-order chi connectivity index (χ0) is 17.4. The zero-order valence-electron chi connectivity index (χ0n) is 13.6. The molecule has 0 fully saturated rings. The fourth-order valence-corrected chi connectivity index (χ4v) is 4.25. The van der Waals surface area contributed by atoms with Crippen molar-refractivity contribution in [1.29, 1.82) is 0 Å². The van der Waals surface area contributed by atoms with Gasteiger partial charge in [0, 0.05) is 4.88 Å². The van der Waals surface area contributed by atoms with Crippen molar-refractivity contribution in [2.75, 3.05) is 5.75 Å². The number of amides is 1. The third-order valence-corrected chi connectivity index (χ3v) is 5.87. The lowest BCUT2D eigenvalue weighted by Crippen LogP contribution is -2.22. The number of thioether (sulfide) groups is 1. The standard InChI is InChI=1S/C17H17N3O2S2/c1-9-4-6-12(7-5-9)20-16(22)14-10(2)11(3)24-15(14)19-17(20)23-8-13(18)21/h4-7H,8H2,1-3H3,(H2,18,21). The lowest BCUT2D eigenvalue weighted by molar-refractivity contribution is -0.115. The third kappa shape index (κ3) is 2.97. The Labute approximate surface area is 147 Å². The number of fused-ring (bicyclic) bond motifs is 1. The topological polar surface area (TPSA) is 78.0 Å². The zero-order valence-corrected chi connectivity index (χ0v) is 15.3. The van der Waals surface area contributed by atoms with E-state index < -0.39 is 5.91 Å². The first-order valence-electron chi connectivity index (χ1n) is 7.39. The second kappa shape index (κ2) is 6.41. The highest BCUT2D eigenvalue weighted by Crippen LogP contribution is 2.29. The van der Waals surface area contributed by atoms with Gasteiger partial charge in [0.15, 0.2) is 5.16 Å². The molecule has 0 radical (unpaired) electrons. The predicted octanol–water partition coefficient (Wildman–Crippen LogP) is 2.95. The van der Waals surface area contributed by atoms with Crippen molar-refractivity contribution < 1.29 is 4.79 Å². The minimum absolute atomic E-state index is 0.0765. The molecular formula is C17H17N3O2S2. The molecular weight excluding hydrogens is 342 g/mol. The molecule has 0 aliphatic rings. The third-order valence-electron chi connectivity index (χ3n) is 3.81. The van der Waals surface area contributed by atoms with Crippen LogP contribution in [0, 0.1) is 20.8 Å². The molecule has 3 rings (SSSR count). The van der Waals surface area contributed by atoms with Crippen LogP contribution in [0.5, 0.6) is 0 Å². The lowest BCUT2D eigenvalue weighted by atomic mass is 10.2. The molecule has 124 valence electrons. The van der Waals surface area contributed by atoms with Gasteiger partial charge >= 0.3 is 0 Å². The Morgan fingerprint density at radius 1 is 1.25 bits per heavy atom. The number of aryl methyl sites for hydroxylation is 3. The monoisotopic (exact) mass is 359 g/mol. The maximum atomic E-state index is 13.1. The van der Waals surface area contributed by atoms with Gasteiger partial charge in [-0.05, 0) is 38.5 Å². The van der Waals surface area contributed by atoms with Gasteiger partial charge in [-0.3, -0.25) is 14.2 Å². The van der Waals surface area contributed by atoms with Crippen LogP contribution in [0.1, 0.15) is 16.0 Å². The Kier molecular flexibility index (Phi) is 4.47. The van der Waals surface area contributed by atoms with Crippen LogP contribution in [0.3, 0.4) is 0 Å². The minimum Gasteiger partial charge on any atom is -0.369 e. The first-order valence-corrected chi connectivity index (χ1v) is 9.19. The van der Waals surface area contributed by atoms with E-state index in [1.165, 1.54) is 23.1 Å². The Balaban J connectivity index is 2.30. The summed E-state index contributed by atoms with van der Waals surface area (Å²) in [6.45, 7) is 5.91. The van der Waals surface area contributed by atoms with Gasteiger partial charge in [-0.1, -0.05) is 29.5 Å². The molecule has 2 heterocycles. The van der Waals surface area contributed by atoms with E-state index in [2.05, 4.69) is 4.98 Å². The molecule has 1 aromatic carbocycles. The molecule has 24 heavy (non-hydrogen) atoms. The van der Waals surface area contributed by atoms with Crippen LogP contribution in [0.2, 0.25) is 0 Å². The van der Waals surface area contributed by atoms with Crippen LogP contribution in [0.25, 0.3) is 15.9 Å². The summed E-state index contributed by atoms with van der Waals surface area (Å²) in [7, 11) is 0. The fourth-order valence-electron chi connectivity index (χ4n) is 2.43. The van der Waals surface area contributed by atoms with E-state index in [0.29, 0.717) is 15.4 Å². The molecule has 2 aromatic heterocycles. The highest BCUT2D eigenvalue weighted by Gasteiger charge is 2.18. The van der Waals surface area contributed by atoms with Crippen molar-refractivity contribution in [3.05, 3.63) is 50.6 Å². The summed E-state index contributed by atoms with van der Waals surface area (Å²) in [4.78, 5) is 30.7. The minimum atomic E-state index is -0.441. The van der Waals surface area contributed by atoms with Gasteiger partial charge in [0.25, 0.3) is 5.56 Å². The molecule has 7 heteroatoms. The number of carbonyl (C=O) groups is 1. The van der Waals surface area contributed by atoms with Crippen molar-refractivity contribution in [3.63, 3.8) is 0 Å². The Hall–Kier alpha value is -2.12. The molecule has 2 N–H and O–H groups in total. The molecule has 3 aromatic rings. The maximum Gasteiger partial charge on any atom is 0.267 e. The lowest BCUT2D eigenvalue weighted by Gasteiger charge is -2.12. The van der Waals surface area contributed by atoms with E-state index in [1.54, 1.807) is 4.57 Å². The smallest absolute Gasteiger partial charge is 0.267 e. The fraction of sp³-hybridized carbons (Fsp3) is 0.235. The van der Waals surface area contributed by atoms with Crippen molar-refractivity contribution >= 4 is 39.2 Å². The maximum absolute atomic E-state index is 13.1. The number of hydrogen-bond acceptors (Lipinski definition) is 5. The van der Waals surface area contributed by atoms with Gasteiger partial charge < -0.3 is 5.73 Å². The molecule has 0 saturated heterocycles. The SMILES string of the molecule is Cc1ccc(-n2c(SCC(N)=O)nc3sc(C)c(C)c3c2=O)cc1. The molecule has 0 atom stereocenters. The second-order valence-corrected chi connectivity index (χ2v) is 7.73. The Morgan fingerprint density at radius 3 is 2.54 bits per heavy atom. The number of rotatable bonds is 4. The van der Waals surface area contributed by atoms with E-state index >= 15 is 0 Å². The van der Waals surface area contributed by atoms with E-state index in [9.17, 15) is 9.59 Å². The molecule has 0 unspecified atom stereocenters. The van der Waals surface area contributed by atoms with E-state index in [0.717, 1.165) is 21.7 Å². The number of nitrogens with zero attached hydrogens (tertiary/aromatic N) is 2. The Bertz CT molecular complexity index is 988. The van der Waals surface area contributed by atoms with Crippen molar-refractivity contribution in [2.24, 2.45) is 5.73 Å². The van der Waals surface area contributed by atoms with E-state index in [4.69, 9.17) is 5.73 Å². The largest absolute Gasteiger partial charge is 0.369 e. The average molecular weight is 359 g/mol. The molecule has 0 saturated carbocycles. The summed E-state index contributed by atoms with van der Waals surface area (Å²) in [5.74, 6) is -0.365. The summed E-state index contributed by atoms with van der Waals surface area (Å²) < 4.78 is 1.56. The van der Waals surface area contributed by atoms with Gasteiger partial charge in [0.1, 0.15) is 4.83 Å². The number of aromatic nitrogens is 2. The van der Waals surface area contributed by atoms with Crippen molar-refractivity contribution in [2.45, 2.75) is 25.9 Å². The molecule has 0 aliphatic heterocycles. The first kappa shape index (κ1) is 16.7. The second-order valence-electron chi connectivity index (χ2n) is 5.59. The first-order chi connectivity index (χ1) is 11.4. The number of carbonyl (C=O) groups excluding carboxylic acids is 1. The van der Waals surface area contributed by atoms with Gasteiger partial charge in [-0.15, -0.1) is 11.3 Å². The highest BCUT2D eigenvalue weighted by atomic mass is 32.2. The van der Waals surface area contributed by atoms with Crippen molar-refractivity contribution in [1.82, 2.24) is 9.55 Å². The summed E-state index contributed by atoms with van der Waals surface area (Å²) in [6, 6.07) is 7.65. The van der Waals surface area contributed by atoms with Gasteiger partial charge in [-0.25, -0.2) is 4.98 Å². The van der Waals surface area contributed by atoms with Crippen LogP contribution >= 0.6 is 23.1 Å². The summed E-state index contributed by atoms with van der Waals surface area (Å²) >= 11 is 2.68. The van der Waals surface area contributed by atoms with Crippen LogP contribution in [0.15, 0.2) is 34.2 Å². The number of primary amides is 1. The predicted molar refractivity (Wildman–Crippen MR) is 99.3 cm³/mol. The van der Waals surface area contributed by atoms with Crippen LogP contribution in [-0.2, 0) is 4.79 Å². The molecule has 1 amide bonds. The number of thiophene rings is 1. The van der Waals surface area contributed by atoms with Gasteiger partial charge in [0.2, 0.25) is 5.91 Å². The van der Waals surface area contributed by atoms with Crippen LogP contribution in [-0.4, -0.2) is 21.2 Å². The normalized spacial score (nSPS) is 11.1. The van der Waals surface area contributed by atoms with E-state index in [1.807, 2.05) is 45.0 Å². The number of benzene rings is 1. The van der Waals surface area contributed by atoms with Crippen molar-refractivity contribution in [3.8, 4) is 5.69 Å². The molecule has 0 aliphatic carbocycles. The summed E-state index contributed by atoms with van der Waals surface area (Å²) in [5.41, 5.74) is 7.94. The number of nitrogens with two attached hydrogens (primary N) is 1. The molecule has 0 bridgehead atoms. The van der Waals surface area contributed by atoms with Gasteiger partial charge in [-0.2, -0.15) is 0 Å². The van der Waals surface area contributed by atoms with E-state index in [-0.39, 0.29) is 11.3 Å². The molecule has 5 nitrogen and oxygen atoms in total. The highest BCUT2D eigenvalue weighted by molar-refractivity contribution is 7.99.